The molecule has 0 spiro atoms. The van der Waals surface area contributed by atoms with Crippen molar-refractivity contribution in [3.05, 3.63) is 30.1 Å². The number of aromatic nitrogens is 1. The van der Waals surface area contributed by atoms with Gasteiger partial charge in [-0.15, -0.1) is 0 Å². The van der Waals surface area contributed by atoms with Crippen molar-refractivity contribution in [1.29, 1.82) is 0 Å². The van der Waals surface area contributed by atoms with Crippen LogP contribution in [0.3, 0.4) is 0 Å². The van der Waals surface area contributed by atoms with E-state index < -0.39 is 0 Å². The van der Waals surface area contributed by atoms with Crippen molar-refractivity contribution < 1.29 is 0 Å². The summed E-state index contributed by atoms with van der Waals surface area (Å²) in [4.78, 5) is 6.43. The summed E-state index contributed by atoms with van der Waals surface area (Å²) in [5.41, 5.74) is 6.84. The molecule has 0 fully saturated rings. The molecule has 1 aromatic heterocycles. The summed E-state index contributed by atoms with van der Waals surface area (Å²) in [5.74, 6) is 0. The zero-order valence-corrected chi connectivity index (χ0v) is 10.9. The maximum absolute atomic E-state index is 5.47. The van der Waals surface area contributed by atoms with E-state index in [1.807, 2.05) is 12.4 Å². The van der Waals surface area contributed by atoms with Gasteiger partial charge in [-0.3, -0.25) is 4.98 Å². The van der Waals surface area contributed by atoms with Crippen LogP contribution in [0, 0.1) is 0 Å². The zero-order valence-electron chi connectivity index (χ0n) is 10.9. The summed E-state index contributed by atoms with van der Waals surface area (Å²) in [6, 6.07) is 4.18. The third-order valence-electron chi connectivity index (χ3n) is 3.03. The molecule has 0 aliphatic heterocycles. The Morgan fingerprint density at radius 2 is 1.76 bits per heavy atom. The summed E-state index contributed by atoms with van der Waals surface area (Å²) in [5, 5.41) is 0. The molecule has 1 rings (SSSR count). The molecule has 0 unspecified atom stereocenters. The predicted molar refractivity (Wildman–Crippen MR) is 73.0 cm³/mol. The maximum Gasteiger partial charge on any atom is 0.0270 e. The van der Waals surface area contributed by atoms with Crippen LogP contribution in [-0.2, 0) is 6.42 Å². The standard InChI is InChI=1S/C14H25N3/c1-17(12-5-3-2-4-9-15)13-8-14-6-10-16-11-7-14/h6-7,10-11H,2-5,8-9,12-13,15H2,1H3. The normalized spacial score (nSPS) is 11.0. The average molecular weight is 235 g/mol. The van der Waals surface area contributed by atoms with Crippen LogP contribution in [0.5, 0.6) is 0 Å². The second kappa shape index (κ2) is 9.14. The molecule has 0 atom stereocenters. The molecule has 3 heteroatoms. The Balaban J connectivity index is 2.03. The van der Waals surface area contributed by atoms with Gasteiger partial charge >= 0.3 is 0 Å². The number of nitrogens with two attached hydrogens (primary N) is 1. The Hall–Kier alpha value is -0.930. The number of unbranched alkanes of at least 4 members (excludes halogenated alkanes) is 3. The van der Waals surface area contributed by atoms with E-state index in [4.69, 9.17) is 5.73 Å². The molecule has 17 heavy (non-hydrogen) atoms. The van der Waals surface area contributed by atoms with Crippen LogP contribution in [0.1, 0.15) is 31.2 Å². The van der Waals surface area contributed by atoms with Crippen LogP contribution in [0.25, 0.3) is 0 Å². The highest BCUT2D eigenvalue weighted by Crippen LogP contribution is 2.02. The van der Waals surface area contributed by atoms with Gasteiger partial charge in [0, 0.05) is 18.9 Å². The van der Waals surface area contributed by atoms with Gasteiger partial charge in [0.15, 0.2) is 0 Å². The van der Waals surface area contributed by atoms with E-state index in [0.717, 1.165) is 19.5 Å². The molecule has 1 aromatic rings. The van der Waals surface area contributed by atoms with E-state index in [1.54, 1.807) is 0 Å². The summed E-state index contributed by atoms with van der Waals surface area (Å²) in [6.07, 6.45) is 9.87. The number of hydrogen-bond donors (Lipinski definition) is 1. The van der Waals surface area contributed by atoms with Gasteiger partial charge in [-0.05, 0) is 57.1 Å². The minimum absolute atomic E-state index is 0.831. The van der Waals surface area contributed by atoms with Crippen LogP contribution in [0.15, 0.2) is 24.5 Å². The molecule has 96 valence electrons. The van der Waals surface area contributed by atoms with Crippen molar-refractivity contribution in [1.82, 2.24) is 9.88 Å². The molecule has 2 N–H and O–H groups in total. The minimum atomic E-state index is 0.831. The molecule has 0 bridgehead atoms. The lowest BCUT2D eigenvalue weighted by atomic mass is 10.1. The summed E-state index contributed by atoms with van der Waals surface area (Å²) < 4.78 is 0. The van der Waals surface area contributed by atoms with E-state index in [-0.39, 0.29) is 0 Å². The summed E-state index contributed by atoms with van der Waals surface area (Å²) >= 11 is 0. The number of likely N-dealkylation sites (N-methyl/N-ethyl adjacent to an activating group) is 1. The van der Waals surface area contributed by atoms with E-state index in [1.165, 1.54) is 37.8 Å². The Labute approximate surface area is 105 Å². The fraction of sp³-hybridized carbons (Fsp3) is 0.643. The molecule has 0 aliphatic rings. The minimum Gasteiger partial charge on any atom is -0.330 e. The Morgan fingerprint density at radius 3 is 2.47 bits per heavy atom. The van der Waals surface area contributed by atoms with Crippen LogP contribution in [0.4, 0.5) is 0 Å². The molecule has 0 aromatic carbocycles. The van der Waals surface area contributed by atoms with Crippen LogP contribution >= 0.6 is 0 Å². The van der Waals surface area contributed by atoms with Gasteiger partial charge in [0.25, 0.3) is 0 Å². The first kappa shape index (κ1) is 14.1. The van der Waals surface area contributed by atoms with Crippen molar-refractivity contribution >= 4 is 0 Å². The summed E-state index contributed by atoms with van der Waals surface area (Å²) in [6.45, 7) is 3.15. The van der Waals surface area contributed by atoms with Gasteiger partial charge in [0.05, 0.1) is 0 Å². The second-order valence-corrected chi connectivity index (χ2v) is 4.61. The lowest BCUT2D eigenvalue weighted by molar-refractivity contribution is 0.328. The first-order valence-electron chi connectivity index (χ1n) is 6.60. The monoisotopic (exact) mass is 235 g/mol. The van der Waals surface area contributed by atoms with Crippen molar-refractivity contribution in [3.63, 3.8) is 0 Å². The Morgan fingerprint density at radius 1 is 1.06 bits per heavy atom. The molecular formula is C14H25N3. The number of nitrogens with zero attached hydrogens (tertiary/aromatic N) is 2. The van der Waals surface area contributed by atoms with Gasteiger partial charge in [-0.25, -0.2) is 0 Å². The lowest BCUT2D eigenvalue weighted by Crippen LogP contribution is -2.22. The second-order valence-electron chi connectivity index (χ2n) is 4.61. The quantitative estimate of drug-likeness (QED) is 0.666. The molecule has 3 nitrogen and oxygen atoms in total. The Kier molecular flexibility index (Phi) is 7.60. The topological polar surface area (TPSA) is 42.1 Å². The molecule has 0 aliphatic carbocycles. The number of pyridine rings is 1. The average Bonchev–Trinajstić information content (AvgIpc) is 2.37. The van der Waals surface area contributed by atoms with Gasteiger partial charge in [-0.2, -0.15) is 0 Å². The summed E-state index contributed by atoms with van der Waals surface area (Å²) in [7, 11) is 2.20. The molecule has 0 saturated heterocycles. The van der Waals surface area contributed by atoms with Crippen LogP contribution < -0.4 is 5.73 Å². The third kappa shape index (κ3) is 7.08. The van der Waals surface area contributed by atoms with Crippen molar-refractivity contribution in [2.75, 3.05) is 26.7 Å². The van der Waals surface area contributed by atoms with Gasteiger partial charge in [0.1, 0.15) is 0 Å². The number of rotatable bonds is 9. The molecular weight excluding hydrogens is 210 g/mol. The first-order valence-corrected chi connectivity index (χ1v) is 6.60. The highest BCUT2D eigenvalue weighted by Gasteiger charge is 1.99. The maximum atomic E-state index is 5.47. The van der Waals surface area contributed by atoms with E-state index in [0.29, 0.717) is 0 Å². The molecule has 1 heterocycles. The van der Waals surface area contributed by atoms with Gasteiger partial charge < -0.3 is 10.6 Å². The highest BCUT2D eigenvalue weighted by atomic mass is 15.1. The Bertz CT molecular complexity index is 274. The fourth-order valence-electron chi connectivity index (χ4n) is 1.86. The largest absolute Gasteiger partial charge is 0.330 e. The first-order chi connectivity index (χ1) is 8.33. The van der Waals surface area contributed by atoms with Crippen molar-refractivity contribution in [2.24, 2.45) is 5.73 Å². The molecule has 0 amide bonds. The molecule has 0 saturated carbocycles. The third-order valence-corrected chi connectivity index (χ3v) is 3.03. The van der Waals surface area contributed by atoms with E-state index in [9.17, 15) is 0 Å². The zero-order chi connectivity index (χ0) is 12.3. The lowest BCUT2D eigenvalue weighted by Gasteiger charge is -2.16. The SMILES string of the molecule is CN(CCCCCCN)CCc1ccncc1. The van der Waals surface area contributed by atoms with E-state index >= 15 is 0 Å². The number of hydrogen-bond acceptors (Lipinski definition) is 3. The van der Waals surface area contributed by atoms with Crippen molar-refractivity contribution in [3.8, 4) is 0 Å². The highest BCUT2D eigenvalue weighted by molar-refractivity contribution is 5.09. The smallest absolute Gasteiger partial charge is 0.0270 e. The van der Waals surface area contributed by atoms with Crippen molar-refractivity contribution in [2.45, 2.75) is 32.1 Å². The van der Waals surface area contributed by atoms with Crippen LogP contribution in [0.2, 0.25) is 0 Å². The molecule has 0 radical (unpaired) electrons. The van der Waals surface area contributed by atoms with Gasteiger partial charge in [-0.1, -0.05) is 12.8 Å². The fourth-order valence-corrected chi connectivity index (χ4v) is 1.86. The van der Waals surface area contributed by atoms with Gasteiger partial charge in [0.2, 0.25) is 0 Å². The van der Waals surface area contributed by atoms with Crippen LogP contribution in [-0.4, -0.2) is 36.6 Å². The van der Waals surface area contributed by atoms with E-state index in [2.05, 4.69) is 29.1 Å². The predicted octanol–water partition coefficient (Wildman–Crippen LogP) is 2.07.